The molecule has 0 saturated carbocycles. The molecule has 22 heavy (non-hydrogen) atoms. The van der Waals surface area contributed by atoms with Gasteiger partial charge >= 0.3 is 11.6 Å². The van der Waals surface area contributed by atoms with Gasteiger partial charge in [-0.1, -0.05) is 17.7 Å². The van der Waals surface area contributed by atoms with Crippen LogP contribution in [0.25, 0.3) is 0 Å². The average molecular weight is 325 g/mol. The maximum atomic E-state index is 11.8. The lowest BCUT2D eigenvalue weighted by Crippen LogP contribution is -2.35. The number of amides is 2. The van der Waals surface area contributed by atoms with Gasteiger partial charge in [-0.3, -0.25) is 14.2 Å². The van der Waals surface area contributed by atoms with E-state index in [1.54, 1.807) is 24.3 Å². The van der Waals surface area contributed by atoms with Crippen LogP contribution in [0.4, 0.5) is 0 Å². The van der Waals surface area contributed by atoms with E-state index in [4.69, 9.17) is 11.6 Å². The monoisotopic (exact) mass is 324 g/mol. The third-order valence-corrected chi connectivity index (χ3v) is 3.06. The zero-order valence-corrected chi connectivity index (χ0v) is 12.4. The molecule has 2 aromatic rings. The zero-order chi connectivity index (χ0) is 16.1. The fourth-order valence-electron chi connectivity index (χ4n) is 1.66. The van der Waals surface area contributed by atoms with Crippen LogP contribution in [0.2, 0.25) is 5.02 Å². The van der Waals surface area contributed by atoms with Gasteiger partial charge in [0.1, 0.15) is 0 Å². The quantitative estimate of drug-likeness (QED) is 0.612. The van der Waals surface area contributed by atoms with Crippen molar-refractivity contribution in [1.82, 2.24) is 15.8 Å². The van der Waals surface area contributed by atoms with Gasteiger partial charge in [-0.2, -0.15) is 0 Å². The Kier molecular flexibility index (Phi) is 4.95. The first-order valence-corrected chi connectivity index (χ1v) is 6.75. The summed E-state index contributed by atoms with van der Waals surface area (Å²) in [7, 11) is 0. The summed E-state index contributed by atoms with van der Waals surface area (Å²) in [6, 6.07) is 6.51. The van der Waals surface area contributed by atoms with Crippen LogP contribution in [-0.4, -0.2) is 30.1 Å². The van der Waals surface area contributed by atoms with Gasteiger partial charge in [-0.15, -0.1) is 0 Å². The van der Waals surface area contributed by atoms with Crippen molar-refractivity contribution < 1.29 is 19.1 Å². The number of halogens is 1. The minimum Gasteiger partial charge on any atom is -0.359 e. The number of rotatable bonds is 5. The van der Waals surface area contributed by atoms with Crippen LogP contribution in [0.5, 0.6) is 0 Å². The molecular weight excluding hydrogens is 312 g/mol. The smallest absolute Gasteiger partial charge is 0.308 e. The summed E-state index contributed by atoms with van der Waals surface area (Å²) in [5.41, 5.74) is 0.412. The summed E-state index contributed by atoms with van der Waals surface area (Å²) in [4.78, 5) is 23.7. The van der Waals surface area contributed by atoms with Crippen molar-refractivity contribution in [3.8, 4) is 0 Å². The Labute approximate surface area is 130 Å². The van der Waals surface area contributed by atoms with Crippen LogP contribution in [-0.2, 0) is 0 Å². The van der Waals surface area contributed by atoms with Crippen molar-refractivity contribution in [2.24, 2.45) is 0 Å². The van der Waals surface area contributed by atoms with Crippen molar-refractivity contribution in [3.05, 3.63) is 51.4 Å². The van der Waals surface area contributed by atoms with E-state index in [-0.39, 0.29) is 35.3 Å². The molecule has 0 aliphatic rings. The molecule has 0 unspecified atom stereocenters. The maximum Gasteiger partial charge on any atom is 0.308 e. The van der Waals surface area contributed by atoms with Crippen LogP contribution in [0.1, 0.15) is 26.5 Å². The van der Waals surface area contributed by atoms with E-state index in [1.165, 1.54) is 6.92 Å². The number of nitrogens with one attached hydrogen (secondary N) is 2. The Bertz CT molecular complexity index is 701. The van der Waals surface area contributed by atoms with E-state index in [1.807, 2.05) is 0 Å². The zero-order valence-electron chi connectivity index (χ0n) is 11.6. The fourth-order valence-corrected chi connectivity index (χ4v) is 1.86. The lowest BCUT2D eigenvalue weighted by Gasteiger charge is -2.06. The van der Waals surface area contributed by atoms with E-state index in [2.05, 4.69) is 20.4 Å². The largest absolute Gasteiger partial charge is 0.359 e. The number of carbonyl (C=O) groups is 2. The standard InChI is InChI=1S/C13H13ClN4O4/c1-8-11(17-22-18(8)21)13(20)16-6-5-15-12(19)9-3-2-4-10(14)7-9/h2-4,7H,5-6H2,1H3,(H,15,19)(H,16,20). The van der Waals surface area contributed by atoms with E-state index in [0.717, 1.165) is 0 Å². The molecule has 0 aliphatic carbocycles. The lowest BCUT2D eigenvalue weighted by atomic mass is 10.2. The van der Waals surface area contributed by atoms with E-state index >= 15 is 0 Å². The second-order valence-corrected chi connectivity index (χ2v) is 4.82. The summed E-state index contributed by atoms with van der Waals surface area (Å²) in [6.07, 6.45) is 0. The fraction of sp³-hybridized carbons (Fsp3) is 0.231. The van der Waals surface area contributed by atoms with Crippen LogP contribution in [0.15, 0.2) is 28.9 Å². The third-order valence-electron chi connectivity index (χ3n) is 2.82. The van der Waals surface area contributed by atoms with Crippen LogP contribution < -0.4 is 15.5 Å². The van der Waals surface area contributed by atoms with Crippen LogP contribution >= 0.6 is 11.6 Å². The van der Waals surface area contributed by atoms with Gasteiger partial charge in [0.25, 0.3) is 5.91 Å². The third kappa shape index (κ3) is 3.73. The van der Waals surface area contributed by atoms with Gasteiger partial charge in [0.2, 0.25) is 5.69 Å². The molecule has 0 bridgehead atoms. The molecule has 2 rings (SSSR count). The second-order valence-electron chi connectivity index (χ2n) is 4.39. The predicted octanol–water partition coefficient (Wildman–Crippen LogP) is 0.430. The van der Waals surface area contributed by atoms with Gasteiger partial charge < -0.3 is 15.8 Å². The number of hydrogen-bond donors (Lipinski definition) is 2. The number of aromatic nitrogens is 2. The van der Waals surface area contributed by atoms with Gasteiger partial charge in [-0.05, 0) is 23.1 Å². The van der Waals surface area contributed by atoms with E-state index in [9.17, 15) is 14.8 Å². The molecule has 0 atom stereocenters. The predicted molar refractivity (Wildman–Crippen MR) is 76.3 cm³/mol. The van der Waals surface area contributed by atoms with Gasteiger partial charge in [0.05, 0.1) is 5.16 Å². The molecular formula is C13H13ClN4O4. The summed E-state index contributed by atoms with van der Waals surface area (Å²) in [6.45, 7) is 1.81. The molecule has 2 N–H and O–H groups in total. The molecule has 8 nitrogen and oxygen atoms in total. The van der Waals surface area contributed by atoms with Gasteiger partial charge in [0.15, 0.2) is 0 Å². The topological polar surface area (TPSA) is 111 Å². The Morgan fingerprint density at radius 3 is 2.59 bits per heavy atom. The molecule has 1 aromatic carbocycles. The molecule has 1 heterocycles. The Morgan fingerprint density at radius 1 is 1.32 bits per heavy atom. The molecule has 0 aliphatic heterocycles. The molecule has 9 heteroatoms. The number of nitrogens with zero attached hydrogens (tertiary/aromatic N) is 2. The SMILES string of the molecule is Cc1c(C(=O)NCCNC(=O)c2cccc(Cl)c2)no[n+]1[O-]. The number of benzene rings is 1. The highest BCUT2D eigenvalue weighted by atomic mass is 35.5. The highest BCUT2D eigenvalue weighted by Gasteiger charge is 2.22. The first-order chi connectivity index (χ1) is 10.5. The van der Waals surface area contributed by atoms with Crippen LogP contribution in [0, 0.1) is 12.1 Å². The maximum absolute atomic E-state index is 11.8. The van der Waals surface area contributed by atoms with Gasteiger partial charge in [0, 0.05) is 30.6 Å². The molecule has 0 saturated heterocycles. The highest BCUT2D eigenvalue weighted by molar-refractivity contribution is 6.30. The van der Waals surface area contributed by atoms with Crippen molar-refractivity contribution >= 4 is 23.4 Å². The molecule has 2 amide bonds. The normalized spacial score (nSPS) is 10.3. The van der Waals surface area contributed by atoms with Crippen molar-refractivity contribution in [3.63, 3.8) is 0 Å². The van der Waals surface area contributed by atoms with E-state index in [0.29, 0.717) is 10.6 Å². The molecule has 0 fully saturated rings. The summed E-state index contributed by atoms with van der Waals surface area (Å²) in [5.74, 6) is -0.848. The molecule has 0 spiro atoms. The first kappa shape index (κ1) is 15.8. The van der Waals surface area contributed by atoms with Crippen molar-refractivity contribution in [2.45, 2.75) is 6.92 Å². The Hall–Kier alpha value is -2.61. The van der Waals surface area contributed by atoms with E-state index < -0.39 is 5.91 Å². The number of carbonyl (C=O) groups excluding carboxylic acids is 2. The minimum absolute atomic E-state index is 0.0699. The highest BCUT2D eigenvalue weighted by Crippen LogP contribution is 2.10. The molecule has 1 aromatic heterocycles. The summed E-state index contributed by atoms with van der Waals surface area (Å²) < 4.78 is 4.30. The summed E-state index contributed by atoms with van der Waals surface area (Å²) >= 11 is 5.80. The molecule has 0 radical (unpaired) electrons. The average Bonchev–Trinajstić information content (AvgIpc) is 2.83. The Morgan fingerprint density at radius 2 is 2.00 bits per heavy atom. The van der Waals surface area contributed by atoms with Crippen molar-refractivity contribution in [1.29, 1.82) is 0 Å². The van der Waals surface area contributed by atoms with Crippen molar-refractivity contribution in [2.75, 3.05) is 13.1 Å². The number of hydrogen-bond acceptors (Lipinski definition) is 5. The minimum atomic E-state index is -0.548. The Balaban J connectivity index is 1.79. The van der Waals surface area contributed by atoms with Crippen LogP contribution in [0.3, 0.4) is 0 Å². The lowest BCUT2D eigenvalue weighted by molar-refractivity contribution is -0.806. The second kappa shape index (κ2) is 6.90. The first-order valence-electron chi connectivity index (χ1n) is 6.37. The van der Waals surface area contributed by atoms with Gasteiger partial charge in [-0.25, -0.2) is 0 Å². The summed E-state index contributed by atoms with van der Waals surface area (Å²) in [5, 5.41) is 19.9. The molecule has 116 valence electrons.